The summed E-state index contributed by atoms with van der Waals surface area (Å²) >= 11 is 2.16. The number of nitrogens with zero attached hydrogens (tertiary/aromatic N) is 2. The highest BCUT2D eigenvalue weighted by atomic mass is 32.2. The molecule has 1 fully saturated rings. The van der Waals surface area contributed by atoms with Gasteiger partial charge in [-0.3, -0.25) is 23.7 Å². The van der Waals surface area contributed by atoms with Crippen molar-refractivity contribution in [3.05, 3.63) is 122 Å². The van der Waals surface area contributed by atoms with Gasteiger partial charge >= 0.3 is 4.87 Å². The standard InChI is InChI=1S/C36H30FN3O4S2/c1-36(2,3)23-11-8-21(9-12-23)28-29-30(33(43)40(32(29)42)26-16-13-24(37)14-17-26)45-34-31(28)46-35(44)39(34)19-27(41)38-25-15-10-20-6-4-5-7-22(20)18-25/h4-18,28-30H,19H2,1-3H3,(H,38,41)/t28-,29?,30?/m1/s1. The minimum Gasteiger partial charge on any atom is -0.325 e. The summed E-state index contributed by atoms with van der Waals surface area (Å²) in [6.07, 6.45) is 0. The van der Waals surface area contributed by atoms with Crippen molar-refractivity contribution in [1.29, 1.82) is 0 Å². The first-order valence-electron chi connectivity index (χ1n) is 14.9. The van der Waals surface area contributed by atoms with Crippen molar-refractivity contribution in [3.8, 4) is 0 Å². The van der Waals surface area contributed by atoms with Crippen LogP contribution in [0.15, 0.2) is 101 Å². The maximum absolute atomic E-state index is 14.1. The Morgan fingerprint density at radius 2 is 1.57 bits per heavy atom. The molecule has 3 amide bonds. The third-order valence-corrected chi connectivity index (χ3v) is 11.2. The van der Waals surface area contributed by atoms with Gasteiger partial charge in [-0.25, -0.2) is 9.29 Å². The van der Waals surface area contributed by atoms with Gasteiger partial charge in [-0.2, -0.15) is 0 Å². The average molecular weight is 652 g/mol. The van der Waals surface area contributed by atoms with Crippen LogP contribution < -0.4 is 15.1 Å². The first kappa shape index (κ1) is 30.1. The van der Waals surface area contributed by atoms with Crippen LogP contribution in [-0.2, 0) is 26.3 Å². The average Bonchev–Trinajstić information content (AvgIpc) is 3.47. The molecule has 1 aromatic heterocycles. The van der Waals surface area contributed by atoms with E-state index in [1.54, 1.807) is 0 Å². The van der Waals surface area contributed by atoms with Gasteiger partial charge in [0.25, 0.3) is 0 Å². The van der Waals surface area contributed by atoms with Gasteiger partial charge in [0.05, 0.1) is 16.6 Å². The van der Waals surface area contributed by atoms with Gasteiger partial charge in [0, 0.05) is 16.5 Å². The van der Waals surface area contributed by atoms with Crippen LogP contribution in [0.1, 0.15) is 42.7 Å². The molecule has 0 spiro atoms. The maximum Gasteiger partial charge on any atom is 0.308 e. The number of thiazole rings is 1. The summed E-state index contributed by atoms with van der Waals surface area (Å²) in [7, 11) is 0. The summed E-state index contributed by atoms with van der Waals surface area (Å²) in [5, 5.41) is 4.60. The largest absolute Gasteiger partial charge is 0.325 e. The Morgan fingerprint density at radius 3 is 2.26 bits per heavy atom. The molecule has 1 N–H and O–H groups in total. The summed E-state index contributed by atoms with van der Waals surface area (Å²) in [5.41, 5.74) is 2.72. The molecule has 232 valence electrons. The van der Waals surface area contributed by atoms with Gasteiger partial charge < -0.3 is 5.32 Å². The van der Waals surface area contributed by atoms with Gasteiger partial charge in [0.1, 0.15) is 17.6 Å². The van der Waals surface area contributed by atoms with Crippen LogP contribution in [0, 0.1) is 11.7 Å². The Labute approximate surface area is 273 Å². The highest BCUT2D eigenvalue weighted by molar-refractivity contribution is 8.00. The molecule has 46 heavy (non-hydrogen) atoms. The normalized spacial score (nSPS) is 19.3. The van der Waals surface area contributed by atoms with E-state index in [0.717, 1.165) is 49.9 Å². The van der Waals surface area contributed by atoms with Crippen LogP contribution in [0.2, 0.25) is 0 Å². The monoisotopic (exact) mass is 651 g/mol. The Kier molecular flexibility index (Phi) is 7.44. The number of anilines is 2. The van der Waals surface area contributed by atoms with E-state index in [-0.39, 0.29) is 22.7 Å². The molecule has 0 radical (unpaired) electrons. The van der Waals surface area contributed by atoms with E-state index in [0.29, 0.717) is 21.3 Å². The molecule has 3 heterocycles. The number of hydrogen-bond acceptors (Lipinski definition) is 6. The number of hydrogen-bond donors (Lipinski definition) is 1. The number of fused-ring (bicyclic) bond motifs is 3. The zero-order valence-electron chi connectivity index (χ0n) is 25.3. The first-order chi connectivity index (χ1) is 22.0. The molecular formula is C36H30FN3O4S2. The third kappa shape index (κ3) is 5.25. The smallest absolute Gasteiger partial charge is 0.308 e. The van der Waals surface area contributed by atoms with Gasteiger partial charge in [0.15, 0.2) is 0 Å². The maximum atomic E-state index is 14.1. The Bertz CT molecular complexity index is 2080. The van der Waals surface area contributed by atoms with E-state index in [1.165, 1.54) is 28.8 Å². The van der Waals surface area contributed by atoms with E-state index < -0.39 is 34.7 Å². The lowest BCUT2D eigenvalue weighted by molar-refractivity contribution is -0.122. The van der Waals surface area contributed by atoms with Crippen molar-refractivity contribution < 1.29 is 18.8 Å². The number of carbonyl (C=O) groups is 3. The topological polar surface area (TPSA) is 88.5 Å². The number of halogens is 1. The number of amides is 3. The molecule has 2 aliphatic rings. The van der Waals surface area contributed by atoms with Gasteiger partial charge in [-0.15, -0.1) is 0 Å². The number of carbonyl (C=O) groups excluding carboxylic acids is 3. The van der Waals surface area contributed by atoms with Crippen molar-refractivity contribution in [2.24, 2.45) is 5.92 Å². The van der Waals surface area contributed by atoms with E-state index in [1.807, 2.05) is 66.7 Å². The Hall–Kier alpha value is -4.54. The highest BCUT2D eigenvalue weighted by Crippen LogP contribution is 2.54. The molecule has 7 nitrogen and oxygen atoms in total. The molecule has 4 aromatic carbocycles. The second-order valence-electron chi connectivity index (χ2n) is 12.6. The number of thioether (sulfide) groups is 1. The van der Waals surface area contributed by atoms with Gasteiger partial charge in [-0.1, -0.05) is 98.5 Å². The van der Waals surface area contributed by atoms with Crippen molar-refractivity contribution in [3.63, 3.8) is 0 Å². The van der Waals surface area contributed by atoms with Crippen LogP contribution >= 0.6 is 23.1 Å². The molecular weight excluding hydrogens is 622 g/mol. The second kappa shape index (κ2) is 11.4. The van der Waals surface area contributed by atoms with Crippen LogP contribution in [0.5, 0.6) is 0 Å². The zero-order chi connectivity index (χ0) is 32.3. The lowest BCUT2D eigenvalue weighted by atomic mass is 9.81. The van der Waals surface area contributed by atoms with Crippen molar-refractivity contribution in [2.45, 2.75) is 48.9 Å². The van der Waals surface area contributed by atoms with E-state index in [2.05, 4.69) is 26.1 Å². The lowest BCUT2D eigenvalue weighted by Gasteiger charge is -2.31. The fourth-order valence-corrected chi connectivity index (χ4v) is 9.03. The predicted octanol–water partition coefficient (Wildman–Crippen LogP) is 6.93. The fraction of sp³-hybridized carbons (Fsp3) is 0.222. The molecule has 5 aromatic rings. The van der Waals surface area contributed by atoms with Crippen LogP contribution in [0.25, 0.3) is 10.8 Å². The lowest BCUT2D eigenvalue weighted by Crippen LogP contribution is -2.33. The first-order valence-corrected chi connectivity index (χ1v) is 16.6. The quantitative estimate of drug-likeness (QED) is 0.208. The third-order valence-electron chi connectivity index (χ3n) is 8.60. The van der Waals surface area contributed by atoms with Gasteiger partial charge in [-0.05, 0) is 63.7 Å². The number of rotatable bonds is 5. The molecule has 1 saturated heterocycles. The molecule has 0 saturated carbocycles. The molecule has 0 aliphatic carbocycles. The molecule has 2 unspecified atom stereocenters. The second-order valence-corrected chi connectivity index (χ2v) is 14.8. The number of benzene rings is 4. The minimum atomic E-state index is -0.832. The summed E-state index contributed by atoms with van der Waals surface area (Å²) < 4.78 is 15.1. The van der Waals surface area contributed by atoms with E-state index >= 15 is 0 Å². The van der Waals surface area contributed by atoms with Gasteiger partial charge in [0.2, 0.25) is 17.7 Å². The van der Waals surface area contributed by atoms with Crippen molar-refractivity contribution in [2.75, 3.05) is 10.2 Å². The van der Waals surface area contributed by atoms with Crippen LogP contribution in [0.4, 0.5) is 15.8 Å². The molecule has 7 rings (SSSR count). The minimum absolute atomic E-state index is 0.0975. The van der Waals surface area contributed by atoms with Crippen molar-refractivity contribution >= 4 is 63.0 Å². The molecule has 2 aliphatic heterocycles. The Morgan fingerprint density at radius 1 is 0.870 bits per heavy atom. The molecule has 0 bridgehead atoms. The summed E-state index contributed by atoms with van der Waals surface area (Å²) in [6, 6.07) is 26.7. The zero-order valence-corrected chi connectivity index (χ0v) is 27.0. The highest BCUT2D eigenvalue weighted by Gasteiger charge is 2.56. The number of aromatic nitrogens is 1. The number of nitrogens with one attached hydrogen (secondary N) is 1. The Balaban J connectivity index is 1.27. The number of imide groups is 1. The summed E-state index contributed by atoms with van der Waals surface area (Å²) in [6.45, 7) is 6.09. The fourth-order valence-electron chi connectivity index (χ4n) is 6.26. The van der Waals surface area contributed by atoms with Crippen molar-refractivity contribution in [1.82, 2.24) is 4.57 Å². The van der Waals surface area contributed by atoms with E-state index in [9.17, 15) is 23.6 Å². The SMILES string of the molecule is CC(C)(C)c1ccc([C@H]2c3sc(=O)n(CC(=O)Nc4ccc5ccccc5c4)c3SC3C(=O)N(c4ccc(F)cc4)C(=O)C32)cc1. The predicted molar refractivity (Wildman–Crippen MR) is 180 cm³/mol. The molecule has 3 atom stereocenters. The molecule has 10 heteroatoms. The van der Waals surface area contributed by atoms with Crippen LogP contribution in [0.3, 0.4) is 0 Å². The van der Waals surface area contributed by atoms with E-state index in [4.69, 9.17) is 0 Å². The summed E-state index contributed by atoms with van der Waals surface area (Å²) in [5.74, 6) is -3.05. The van der Waals surface area contributed by atoms with Crippen LogP contribution in [-0.4, -0.2) is 27.5 Å². The summed E-state index contributed by atoms with van der Waals surface area (Å²) in [4.78, 5) is 56.3.